The fourth-order valence-corrected chi connectivity index (χ4v) is 15.1. The van der Waals surface area contributed by atoms with Gasteiger partial charge >= 0.3 is 0 Å². The van der Waals surface area contributed by atoms with Crippen LogP contribution in [0.3, 0.4) is 0 Å². The van der Waals surface area contributed by atoms with Crippen molar-refractivity contribution in [3.8, 4) is 0 Å². The van der Waals surface area contributed by atoms with Gasteiger partial charge in [-0.05, 0) is 93.6 Å². The Morgan fingerprint density at radius 1 is 0.606 bits per heavy atom. The zero-order valence-electron chi connectivity index (χ0n) is 21.8. The second-order valence-electron chi connectivity index (χ2n) is 10.8. The molecule has 0 N–H and O–H groups in total. The van der Waals surface area contributed by atoms with Crippen molar-refractivity contribution in [1.82, 2.24) is 0 Å². The quantitative estimate of drug-likeness (QED) is 0.332. The molecule has 0 aromatic heterocycles. The van der Waals surface area contributed by atoms with Crippen LogP contribution >= 0.6 is 15.1 Å². The van der Waals surface area contributed by atoms with Crippen LogP contribution in [0.1, 0.15) is 70.8 Å². The van der Waals surface area contributed by atoms with Gasteiger partial charge in [-0.1, -0.05) is 86.5 Å². The summed E-state index contributed by atoms with van der Waals surface area (Å²) < 4.78 is 0. The van der Waals surface area contributed by atoms with E-state index in [1.165, 1.54) is 38.9 Å². The van der Waals surface area contributed by atoms with Crippen LogP contribution in [-0.2, 0) is 6.16 Å². The molecule has 0 amide bonds. The molecule has 0 unspecified atom stereocenters. The SMILES string of the molecule is Cc1cc(C)c(C2=P(Cc3ccccc3)=C(c3c(C)cc(C)cc3C)P2C(C)(C)C)c(C)c1. The number of hydrogen-bond acceptors (Lipinski definition) is 0. The summed E-state index contributed by atoms with van der Waals surface area (Å²) in [5.74, 6) is 0. The minimum Gasteiger partial charge on any atom is -0.103 e. The first kappa shape index (κ1) is 24.3. The van der Waals surface area contributed by atoms with E-state index >= 15 is 0 Å². The number of aryl methyl sites for hydroxylation is 6. The van der Waals surface area contributed by atoms with Crippen molar-refractivity contribution in [2.45, 2.75) is 73.6 Å². The van der Waals surface area contributed by atoms with Crippen LogP contribution in [0.4, 0.5) is 0 Å². The maximum absolute atomic E-state index is 2.46. The largest absolute Gasteiger partial charge is 0.103 e. The molecule has 33 heavy (non-hydrogen) atoms. The normalized spacial score (nSPS) is 17.4. The van der Waals surface area contributed by atoms with Gasteiger partial charge in [0.15, 0.2) is 0 Å². The summed E-state index contributed by atoms with van der Waals surface area (Å²) >= 11 is 0. The number of benzene rings is 3. The molecule has 3 aromatic carbocycles. The van der Waals surface area contributed by atoms with Crippen molar-refractivity contribution >= 4 is 25.2 Å². The third-order valence-corrected chi connectivity index (χ3v) is 14.0. The van der Waals surface area contributed by atoms with Gasteiger partial charge in [-0.25, -0.2) is 0 Å². The molecule has 2 heteroatoms. The Hall–Kier alpha value is -1.87. The van der Waals surface area contributed by atoms with E-state index in [0.29, 0.717) is 0 Å². The Kier molecular flexibility index (Phi) is 6.66. The Morgan fingerprint density at radius 2 is 1.00 bits per heavy atom. The molecule has 0 fully saturated rings. The molecule has 0 saturated carbocycles. The van der Waals surface area contributed by atoms with E-state index in [0.717, 1.165) is 6.16 Å². The number of hydrogen-bond donors (Lipinski definition) is 0. The molecule has 3 aromatic rings. The molecule has 0 saturated heterocycles. The second kappa shape index (κ2) is 9.06. The highest BCUT2D eigenvalue weighted by atomic mass is 31.2. The van der Waals surface area contributed by atoms with E-state index in [4.69, 9.17) is 0 Å². The predicted molar refractivity (Wildman–Crippen MR) is 153 cm³/mol. The summed E-state index contributed by atoms with van der Waals surface area (Å²) in [4.78, 5) is 0. The lowest BCUT2D eigenvalue weighted by atomic mass is 10.0. The Morgan fingerprint density at radius 3 is 1.36 bits per heavy atom. The molecule has 0 radical (unpaired) electrons. The first-order chi connectivity index (χ1) is 15.5. The van der Waals surface area contributed by atoms with Crippen molar-refractivity contribution in [3.05, 3.63) is 105 Å². The van der Waals surface area contributed by atoms with Crippen molar-refractivity contribution in [2.24, 2.45) is 0 Å². The zero-order valence-corrected chi connectivity index (χ0v) is 23.6. The lowest BCUT2D eigenvalue weighted by Crippen LogP contribution is -2.29. The third-order valence-electron chi connectivity index (χ3n) is 6.59. The van der Waals surface area contributed by atoms with Crippen LogP contribution in [0.25, 0.3) is 0 Å². The Labute approximate surface area is 203 Å². The first-order valence-electron chi connectivity index (χ1n) is 12.0. The Balaban J connectivity index is 2.11. The summed E-state index contributed by atoms with van der Waals surface area (Å²) in [6.45, 7) is 21.2. The van der Waals surface area contributed by atoms with Gasteiger partial charge in [-0.2, -0.15) is 0 Å². The molecule has 0 bridgehead atoms. The molecule has 0 atom stereocenters. The molecular formula is C31H38P2. The third kappa shape index (κ3) is 4.58. The van der Waals surface area contributed by atoms with Crippen molar-refractivity contribution in [3.63, 3.8) is 0 Å². The summed E-state index contributed by atoms with van der Waals surface area (Å²) in [5.41, 5.74) is 13.2. The van der Waals surface area contributed by atoms with Crippen molar-refractivity contribution in [1.29, 1.82) is 0 Å². The van der Waals surface area contributed by atoms with E-state index in [-0.39, 0.29) is 20.2 Å². The van der Waals surface area contributed by atoms with Crippen LogP contribution in [0.5, 0.6) is 0 Å². The highest BCUT2D eigenvalue weighted by Gasteiger charge is 2.41. The van der Waals surface area contributed by atoms with E-state index in [1.807, 2.05) is 0 Å². The molecule has 0 nitrogen and oxygen atoms in total. The monoisotopic (exact) mass is 472 g/mol. The zero-order chi connectivity index (χ0) is 24.1. The maximum atomic E-state index is 2.46. The standard InChI is InChI=1S/C31H38P2/c1-20-15-22(3)27(23(4)16-20)29-32(19-26-13-11-10-12-14-26)30(33(29)31(7,8)9)28-24(5)17-21(2)18-25(28)6/h10-18H,19H2,1-9H3. The van der Waals surface area contributed by atoms with E-state index in [1.54, 1.807) is 21.2 Å². The smallest absolute Gasteiger partial charge is 0.0123 e. The average molecular weight is 473 g/mol. The lowest BCUT2D eigenvalue weighted by molar-refractivity contribution is 0.796. The second-order valence-corrected chi connectivity index (χ2v) is 16.5. The molecule has 4 rings (SSSR count). The van der Waals surface area contributed by atoms with Gasteiger partial charge in [0.25, 0.3) is 0 Å². The van der Waals surface area contributed by atoms with E-state index in [2.05, 4.69) is 117 Å². The minimum absolute atomic E-state index is 0.239. The van der Waals surface area contributed by atoms with E-state index < -0.39 is 0 Å². The fourth-order valence-electron chi connectivity index (χ4n) is 5.51. The highest BCUT2D eigenvalue weighted by molar-refractivity contribution is 8.15. The number of rotatable bonds is 4. The van der Waals surface area contributed by atoms with Crippen molar-refractivity contribution < 1.29 is 0 Å². The molecule has 0 spiro atoms. The fraction of sp³-hybridized carbons (Fsp3) is 0.355. The summed E-state index contributed by atoms with van der Waals surface area (Å²) in [5, 5.41) is 3.80. The molecule has 1 heterocycles. The lowest BCUT2D eigenvalue weighted by Gasteiger charge is -2.44. The van der Waals surface area contributed by atoms with Gasteiger partial charge < -0.3 is 0 Å². The van der Waals surface area contributed by atoms with Gasteiger partial charge in [0.1, 0.15) is 0 Å². The maximum Gasteiger partial charge on any atom is 0.0123 e. The van der Waals surface area contributed by atoms with Gasteiger partial charge in [-0.15, -0.1) is 7.17 Å². The summed E-state index contributed by atoms with van der Waals surface area (Å²) in [6.07, 6.45) is 1.15. The molecule has 1 aliphatic rings. The first-order valence-corrected chi connectivity index (χ1v) is 14.9. The summed E-state index contributed by atoms with van der Waals surface area (Å²) in [6, 6.07) is 20.7. The minimum atomic E-state index is -0.379. The van der Waals surface area contributed by atoms with Gasteiger partial charge in [-0.3, -0.25) is 0 Å². The Bertz CT molecular complexity index is 1190. The topological polar surface area (TPSA) is 0 Å². The van der Waals surface area contributed by atoms with Crippen LogP contribution in [0.15, 0.2) is 54.6 Å². The predicted octanol–water partition coefficient (Wildman–Crippen LogP) is 9.17. The molecule has 1 aliphatic heterocycles. The van der Waals surface area contributed by atoms with Crippen molar-refractivity contribution in [2.75, 3.05) is 0 Å². The van der Waals surface area contributed by atoms with Gasteiger partial charge in [0.2, 0.25) is 0 Å². The van der Waals surface area contributed by atoms with Crippen LogP contribution in [-0.4, -0.2) is 15.2 Å². The van der Waals surface area contributed by atoms with Crippen LogP contribution < -0.4 is 0 Å². The van der Waals surface area contributed by atoms with Gasteiger partial charge in [0.05, 0.1) is 0 Å². The summed E-state index contributed by atoms with van der Waals surface area (Å²) in [7, 11) is -0.755. The molecule has 172 valence electrons. The van der Waals surface area contributed by atoms with E-state index in [9.17, 15) is 0 Å². The van der Waals surface area contributed by atoms with Crippen LogP contribution in [0, 0.1) is 41.5 Å². The highest BCUT2D eigenvalue weighted by Crippen LogP contribution is 2.68. The molecular weight excluding hydrogens is 434 g/mol. The van der Waals surface area contributed by atoms with Gasteiger partial charge in [0, 0.05) is 16.2 Å². The average Bonchev–Trinajstić information content (AvgIpc) is 2.68. The molecule has 0 aliphatic carbocycles. The van der Waals surface area contributed by atoms with Crippen LogP contribution in [0.2, 0.25) is 0 Å².